The maximum Gasteiger partial charge on any atom is 0.208 e. The Bertz CT molecular complexity index is 1140. The zero-order valence-corrected chi connectivity index (χ0v) is 23.8. The Hall–Kier alpha value is -1.70. The van der Waals surface area contributed by atoms with Gasteiger partial charge >= 0.3 is 0 Å². The molecule has 35 heavy (non-hydrogen) atoms. The Morgan fingerprint density at radius 2 is 1.74 bits per heavy atom. The maximum absolute atomic E-state index is 13.3. The van der Waals surface area contributed by atoms with Gasteiger partial charge in [0.25, 0.3) is 0 Å². The molecule has 0 saturated carbocycles. The summed E-state index contributed by atoms with van der Waals surface area (Å²) in [6, 6.07) is 4.30. The second-order valence-corrected chi connectivity index (χ2v) is 13.3. The Morgan fingerprint density at radius 1 is 1.09 bits per heavy atom. The monoisotopic (exact) mass is 519 g/mol. The van der Waals surface area contributed by atoms with E-state index in [1.54, 1.807) is 11.3 Å². The molecule has 0 saturated heterocycles. The molecule has 1 N–H and O–H groups in total. The second kappa shape index (κ2) is 11.6. The third kappa shape index (κ3) is 7.17. The van der Waals surface area contributed by atoms with Gasteiger partial charge in [-0.15, -0.1) is 11.3 Å². The van der Waals surface area contributed by atoms with Crippen molar-refractivity contribution in [1.29, 1.82) is 0 Å². The van der Waals surface area contributed by atoms with E-state index in [9.17, 15) is 13.2 Å². The van der Waals surface area contributed by atoms with E-state index in [4.69, 9.17) is 4.74 Å². The van der Waals surface area contributed by atoms with E-state index in [0.29, 0.717) is 18.3 Å². The highest BCUT2D eigenvalue weighted by Crippen LogP contribution is 2.42. The molecule has 1 aliphatic carbocycles. The maximum atomic E-state index is 13.3. The number of hydrogen-bond acceptors (Lipinski definition) is 5. The lowest BCUT2D eigenvalue weighted by atomic mass is 9.74. The van der Waals surface area contributed by atoms with Crippen molar-refractivity contribution in [3.8, 4) is 5.75 Å². The van der Waals surface area contributed by atoms with Crippen LogP contribution in [-0.2, 0) is 48.5 Å². The summed E-state index contributed by atoms with van der Waals surface area (Å²) in [7, 11) is -3.23. The van der Waals surface area contributed by atoms with E-state index in [1.165, 1.54) is 16.0 Å². The fourth-order valence-corrected chi connectivity index (χ4v) is 6.72. The van der Waals surface area contributed by atoms with Crippen LogP contribution in [0.2, 0.25) is 0 Å². The van der Waals surface area contributed by atoms with Gasteiger partial charge < -0.3 is 4.74 Å². The van der Waals surface area contributed by atoms with Crippen LogP contribution < -0.4 is 9.46 Å². The quantitative estimate of drug-likeness (QED) is 0.289. The molecule has 0 amide bonds. The molecule has 3 rings (SSSR count). The van der Waals surface area contributed by atoms with Gasteiger partial charge in [0.15, 0.2) is 5.78 Å². The van der Waals surface area contributed by atoms with Gasteiger partial charge in [0, 0.05) is 17.8 Å². The number of nitrogens with one attached hydrogen (secondary N) is 1. The molecule has 0 spiro atoms. The summed E-state index contributed by atoms with van der Waals surface area (Å²) in [5, 5.41) is 0. The van der Waals surface area contributed by atoms with E-state index >= 15 is 0 Å². The van der Waals surface area contributed by atoms with Gasteiger partial charge in [-0.25, -0.2) is 13.1 Å². The van der Waals surface area contributed by atoms with Crippen LogP contribution in [0.25, 0.3) is 0 Å². The van der Waals surface area contributed by atoms with Crippen molar-refractivity contribution < 1.29 is 17.9 Å². The summed E-state index contributed by atoms with van der Waals surface area (Å²) in [6.45, 7) is 11.6. The highest BCUT2D eigenvalue weighted by Gasteiger charge is 2.31. The molecule has 194 valence electrons. The fraction of sp³-hybridized carbons (Fsp3) is 0.607. The van der Waals surface area contributed by atoms with Gasteiger partial charge in [0.05, 0.1) is 11.1 Å². The number of fused-ring (bicyclic) bond motifs is 1. The zero-order valence-electron chi connectivity index (χ0n) is 22.2. The number of thiophene rings is 1. The summed E-state index contributed by atoms with van der Waals surface area (Å²) in [5.41, 5.74) is 6.47. The number of rotatable bonds is 12. The first kappa shape index (κ1) is 27.9. The van der Waals surface area contributed by atoms with Gasteiger partial charge in [-0.1, -0.05) is 46.8 Å². The van der Waals surface area contributed by atoms with Gasteiger partial charge in [-0.05, 0) is 78.2 Å². The standard InChI is InChI=1S/C28H41NO4S2/c1-7-20-16-19(17-21(8-2)26(20)33-15-14-29-35(6,31)32)10-11-24(30)27-22-12-13-28(4,5)18-23(22)25(9-3)34-27/h16-17,29H,7-15,18H2,1-6H3. The van der Waals surface area contributed by atoms with E-state index < -0.39 is 10.0 Å². The van der Waals surface area contributed by atoms with Crippen LogP contribution in [0.4, 0.5) is 0 Å². The Kier molecular flexibility index (Phi) is 9.22. The molecule has 1 aliphatic rings. The number of hydrogen-bond donors (Lipinski definition) is 1. The van der Waals surface area contributed by atoms with Crippen molar-refractivity contribution in [1.82, 2.24) is 4.72 Å². The van der Waals surface area contributed by atoms with Crippen LogP contribution in [0.3, 0.4) is 0 Å². The molecule has 5 nitrogen and oxygen atoms in total. The molecule has 0 atom stereocenters. The van der Waals surface area contributed by atoms with Gasteiger partial charge in [-0.3, -0.25) is 4.79 Å². The van der Waals surface area contributed by atoms with Crippen LogP contribution in [-0.4, -0.2) is 33.6 Å². The summed E-state index contributed by atoms with van der Waals surface area (Å²) in [4.78, 5) is 15.7. The third-order valence-corrected chi connectivity index (χ3v) is 9.09. The van der Waals surface area contributed by atoms with Crippen molar-refractivity contribution in [2.75, 3.05) is 19.4 Å². The highest BCUT2D eigenvalue weighted by atomic mass is 32.2. The van der Waals surface area contributed by atoms with Gasteiger partial charge in [-0.2, -0.15) is 0 Å². The molecule has 7 heteroatoms. The molecule has 0 unspecified atom stereocenters. The summed E-state index contributed by atoms with van der Waals surface area (Å²) in [5.74, 6) is 1.12. The first-order chi connectivity index (χ1) is 16.5. The normalized spacial score (nSPS) is 15.1. The Morgan fingerprint density at radius 3 is 2.31 bits per heavy atom. The first-order valence-electron chi connectivity index (χ1n) is 12.9. The Labute approximate surface area is 215 Å². The molecule has 0 bridgehead atoms. The number of carbonyl (C=O) groups excluding carboxylic acids is 1. The van der Waals surface area contributed by atoms with Crippen LogP contribution in [0.1, 0.15) is 89.8 Å². The summed E-state index contributed by atoms with van der Waals surface area (Å²) in [6.07, 6.45) is 8.25. The predicted octanol–water partition coefficient (Wildman–Crippen LogP) is 5.69. The van der Waals surface area contributed by atoms with E-state index in [-0.39, 0.29) is 18.9 Å². The second-order valence-electron chi connectivity index (χ2n) is 10.4. The van der Waals surface area contributed by atoms with Crippen molar-refractivity contribution in [2.24, 2.45) is 5.41 Å². The van der Waals surface area contributed by atoms with Crippen LogP contribution in [0.15, 0.2) is 12.1 Å². The van der Waals surface area contributed by atoms with Crippen LogP contribution >= 0.6 is 11.3 Å². The largest absolute Gasteiger partial charge is 0.492 e. The molecule has 1 heterocycles. The molecule has 2 aromatic rings. The van der Waals surface area contributed by atoms with Crippen molar-refractivity contribution in [2.45, 2.75) is 86.0 Å². The van der Waals surface area contributed by atoms with Crippen LogP contribution in [0.5, 0.6) is 5.75 Å². The first-order valence-corrected chi connectivity index (χ1v) is 15.6. The van der Waals surface area contributed by atoms with Crippen LogP contribution in [0, 0.1) is 5.41 Å². The lowest BCUT2D eigenvalue weighted by Gasteiger charge is -2.30. The van der Waals surface area contributed by atoms with E-state index in [0.717, 1.165) is 72.1 Å². The SMILES string of the molecule is CCc1cc(CCC(=O)c2sc(CC)c3c2CCC(C)(C)C3)cc(CC)c1OCCNS(C)(=O)=O. The van der Waals surface area contributed by atoms with Crippen molar-refractivity contribution in [3.63, 3.8) is 0 Å². The van der Waals surface area contributed by atoms with Crippen molar-refractivity contribution >= 4 is 27.1 Å². The number of sulfonamides is 1. The molecular weight excluding hydrogens is 478 g/mol. The lowest BCUT2D eigenvalue weighted by molar-refractivity contribution is 0.0985. The van der Waals surface area contributed by atoms with Gasteiger partial charge in [0.1, 0.15) is 12.4 Å². The lowest BCUT2D eigenvalue weighted by Crippen LogP contribution is -2.27. The molecule has 0 radical (unpaired) electrons. The average molecular weight is 520 g/mol. The minimum atomic E-state index is -3.23. The molecule has 1 aromatic heterocycles. The number of carbonyl (C=O) groups is 1. The number of benzene rings is 1. The fourth-order valence-electron chi connectivity index (χ4n) is 5.00. The number of aryl methyl sites for hydroxylation is 4. The number of Topliss-reactive ketones (excluding diaryl/α,β-unsaturated/α-hetero) is 1. The summed E-state index contributed by atoms with van der Waals surface area (Å²) >= 11 is 1.73. The highest BCUT2D eigenvalue weighted by molar-refractivity contribution is 7.88. The average Bonchev–Trinajstić information content (AvgIpc) is 3.16. The zero-order chi connectivity index (χ0) is 25.8. The van der Waals surface area contributed by atoms with E-state index in [2.05, 4.69) is 51.5 Å². The van der Waals surface area contributed by atoms with E-state index in [1.807, 2.05) is 0 Å². The Balaban J connectivity index is 1.73. The molecule has 1 aromatic carbocycles. The number of ether oxygens (including phenoxy) is 1. The third-order valence-electron chi connectivity index (χ3n) is 6.90. The summed E-state index contributed by atoms with van der Waals surface area (Å²) < 4.78 is 31.1. The minimum Gasteiger partial charge on any atom is -0.492 e. The molecule has 0 aliphatic heterocycles. The minimum absolute atomic E-state index is 0.240. The van der Waals surface area contributed by atoms with Gasteiger partial charge in [0.2, 0.25) is 10.0 Å². The predicted molar refractivity (Wildman–Crippen MR) is 146 cm³/mol. The topological polar surface area (TPSA) is 72.5 Å². The molecule has 0 fully saturated rings. The molecular formula is C28H41NO4S2. The smallest absolute Gasteiger partial charge is 0.208 e. The van der Waals surface area contributed by atoms with Crippen molar-refractivity contribution in [3.05, 3.63) is 49.7 Å². The number of ketones is 1.